The van der Waals surface area contributed by atoms with Crippen LogP contribution >= 0.6 is 0 Å². The van der Waals surface area contributed by atoms with E-state index in [0.29, 0.717) is 17.1 Å². The third-order valence-corrected chi connectivity index (χ3v) is 2.86. The van der Waals surface area contributed by atoms with E-state index in [9.17, 15) is 9.90 Å². The van der Waals surface area contributed by atoms with Crippen LogP contribution in [0.3, 0.4) is 0 Å². The zero-order chi connectivity index (χ0) is 15.5. The molecule has 1 aromatic carbocycles. The van der Waals surface area contributed by atoms with Crippen LogP contribution in [0.4, 0.5) is 0 Å². The van der Waals surface area contributed by atoms with Crippen LogP contribution in [0, 0.1) is 0 Å². The highest BCUT2D eigenvalue weighted by Gasteiger charge is 2.12. The molecule has 3 aromatic rings. The molecule has 0 amide bonds. The number of aromatic nitrogens is 3. The molecule has 0 aliphatic heterocycles. The number of hydrogen-bond acceptors (Lipinski definition) is 6. The highest BCUT2D eigenvalue weighted by atomic mass is 16.4. The van der Waals surface area contributed by atoms with Crippen molar-refractivity contribution in [3.63, 3.8) is 0 Å². The first-order chi connectivity index (χ1) is 10.6. The van der Waals surface area contributed by atoms with Gasteiger partial charge >= 0.3 is 5.97 Å². The normalized spacial score (nSPS) is 11.1. The number of phenols is 1. The van der Waals surface area contributed by atoms with Gasteiger partial charge < -0.3 is 14.6 Å². The summed E-state index contributed by atoms with van der Waals surface area (Å²) in [5, 5.41) is 29.8. The number of aromatic hydroxyl groups is 1. The summed E-state index contributed by atoms with van der Waals surface area (Å²) in [6, 6.07) is 7.61. The number of carboxylic acid groups (broad SMARTS) is 1. The SMILES string of the molecule is O=C(O)c1ccc(-c2ccc(C=Nn3cnnc3)o2)cc1O. The lowest BCUT2D eigenvalue weighted by Gasteiger charge is -2.01. The Kier molecular flexibility index (Phi) is 3.40. The number of carbonyl (C=O) groups is 1. The fourth-order valence-electron chi connectivity index (χ4n) is 1.82. The number of aromatic carboxylic acids is 1. The van der Waals surface area contributed by atoms with Crippen molar-refractivity contribution in [3.8, 4) is 17.1 Å². The molecule has 0 aliphatic carbocycles. The predicted octanol–water partition coefficient (Wildman–Crippen LogP) is 1.82. The molecule has 0 atom stereocenters. The highest BCUT2D eigenvalue weighted by molar-refractivity contribution is 5.91. The van der Waals surface area contributed by atoms with Gasteiger partial charge in [-0.25, -0.2) is 9.47 Å². The van der Waals surface area contributed by atoms with Crippen molar-refractivity contribution in [2.45, 2.75) is 0 Å². The number of rotatable bonds is 4. The van der Waals surface area contributed by atoms with Crippen molar-refractivity contribution in [3.05, 3.63) is 54.3 Å². The Labute approximate surface area is 124 Å². The molecule has 8 nitrogen and oxygen atoms in total. The Morgan fingerprint density at radius 2 is 2.00 bits per heavy atom. The standard InChI is InChI=1S/C14H10N4O4/c19-12-5-9(1-3-11(12)14(20)21)13-4-2-10(22-13)6-17-18-7-15-16-8-18/h1-8,19H,(H,20,21). The van der Waals surface area contributed by atoms with Crippen LogP contribution in [0.5, 0.6) is 5.75 Å². The van der Waals surface area contributed by atoms with Gasteiger partial charge in [-0.3, -0.25) is 0 Å². The molecule has 0 saturated carbocycles. The van der Waals surface area contributed by atoms with E-state index in [1.165, 1.54) is 35.7 Å². The van der Waals surface area contributed by atoms with Crippen molar-refractivity contribution in [1.29, 1.82) is 0 Å². The van der Waals surface area contributed by atoms with Crippen LogP contribution in [0.1, 0.15) is 16.1 Å². The van der Waals surface area contributed by atoms with Gasteiger partial charge in [0.25, 0.3) is 0 Å². The first-order valence-electron chi connectivity index (χ1n) is 6.19. The van der Waals surface area contributed by atoms with Gasteiger partial charge in [0.15, 0.2) is 0 Å². The van der Waals surface area contributed by atoms with Crippen LogP contribution in [-0.2, 0) is 0 Å². The Bertz CT molecular complexity index is 836. The summed E-state index contributed by atoms with van der Waals surface area (Å²) in [7, 11) is 0. The molecular formula is C14H10N4O4. The number of furan rings is 1. The minimum absolute atomic E-state index is 0.162. The maximum Gasteiger partial charge on any atom is 0.339 e. The van der Waals surface area contributed by atoms with Gasteiger partial charge in [-0.05, 0) is 24.3 Å². The second-order valence-electron chi connectivity index (χ2n) is 4.33. The molecule has 0 saturated heterocycles. The molecule has 0 radical (unpaired) electrons. The van der Waals surface area contributed by atoms with Gasteiger partial charge in [-0.15, -0.1) is 10.2 Å². The van der Waals surface area contributed by atoms with E-state index in [0.717, 1.165) is 0 Å². The van der Waals surface area contributed by atoms with Crippen LogP contribution in [0.2, 0.25) is 0 Å². The van der Waals surface area contributed by atoms with E-state index in [2.05, 4.69) is 15.3 Å². The molecule has 0 bridgehead atoms. The third-order valence-electron chi connectivity index (χ3n) is 2.86. The summed E-state index contributed by atoms with van der Waals surface area (Å²) in [5.74, 6) is -0.533. The molecule has 8 heteroatoms. The van der Waals surface area contributed by atoms with Crippen molar-refractivity contribution in [1.82, 2.24) is 14.9 Å². The first-order valence-corrected chi connectivity index (χ1v) is 6.19. The summed E-state index contributed by atoms with van der Waals surface area (Å²) < 4.78 is 6.97. The van der Waals surface area contributed by atoms with E-state index < -0.39 is 5.97 Å². The largest absolute Gasteiger partial charge is 0.507 e. The smallest absolute Gasteiger partial charge is 0.339 e. The van der Waals surface area contributed by atoms with Crippen LogP contribution in [0.25, 0.3) is 11.3 Å². The van der Waals surface area contributed by atoms with Gasteiger partial charge in [0, 0.05) is 5.56 Å². The first kappa shape index (κ1) is 13.6. The predicted molar refractivity (Wildman–Crippen MR) is 75.8 cm³/mol. The molecule has 2 heterocycles. The van der Waals surface area contributed by atoms with Crippen LogP contribution in [0.15, 0.2) is 52.5 Å². The Balaban J connectivity index is 1.84. The van der Waals surface area contributed by atoms with E-state index in [1.807, 2.05) is 0 Å². The molecule has 0 fully saturated rings. The van der Waals surface area contributed by atoms with Gasteiger partial charge in [-0.1, -0.05) is 6.07 Å². The van der Waals surface area contributed by atoms with Crippen LogP contribution in [-0.4, -0.2) is 37.3 Å². The summed E-state index contributed by atoms with van der Waals surface area (Å²) in [4.78, 5) is 10.9. The lowest BCUT2D eigenvalue weighted by Crippen LogP contribution is -1.96. The minimum atomic E-state index is -1.19. The molecule has 0 unspecified atom stereocenters. The zero-order valence-electron chi connectivity index (χ0n) is 11.1. The van der Waals surface area contributed by atoms with E-state index in [-0.39, 0.29) is 11.3 Å². The molecule has 0 spiro atoms. The Morgan fingerprint density at radius 3 is 2.68 bits per heavy atom. The number of hydrogen-bond donors (Lipinski definition) is 2. The van der Waals surface area contributed by atoms with Gasteiger partial charge in [0.2, 0.25) is 0 Å². The van der Waals surface area contributed by atoms with Crippen molar-refractivity contribution < 1.29 is 19.4 Å². The molecular weight excluding hydrogens is 288 g/mol. The lowest BCUT2D eigenvalue weighted by molar-refractivity contribution is 0.0694. The summed E-state index contributed by atoms with van der Waals surface area (Å²) in [6.07, 6.45) is 4.35. The average molecular weight is 298 g/mol. The maximum atomic E-state index is 10.9. The van der Waals surface area contributed by atoms with Gasteiger partial charge in [0.1, 0.15) is 35.5 Å². The van der Waals surface area contributed by atoms with Crippen LogP contribution < -0.4 is 0 Å². The van der Waals surface area contributed by atoms with E-state index in [1.54, 1.807) is 18.2 Å². The van der Waals surface area contributed by atoms with E-state index >= 15 is 0 Å². The summed E-state index contributed by atoms with van der Waals surface area (Å²) in [5.41, 5.74) is 0.399. The van der Waals surface area contributed by atoms with Crippen molar-refractivity contribution in [2.75, 3.05) is 0 Å². The number of nitrogens with zero attached hydrogens (tertiary/aromatic N) is 4. The molecule has 0 aliphatic rings. The monoisotopic (exact) mass is 298 g/mol. The lowest BCUT2D eigenvalue weighted by atomic mass is 10.1. The number of benzene rings is 1. The minimum Gasteiger partial charge on any atom is -0.507 e. The summed E-state index contributed by atoms with van der Waals surface area (Å²) in [6.45, 7) is 0. The molecule has 22 heavy (non-hydrogen) atoms. The van der Waals surface area contributed by atoms with E-state index in [4.69, 9.17) is 9.52 Å². The topological polar surface area (TPSA) is 114 Å². The maximum absolute atomic E-state index is 10.9. The quantitative estimate of drug-likeness (QED) is 0.710. The fourth-order valence-corrected chi connectivity index (χ4v) is 1.82. The third kappa shape index (κ3) is 2.70. The highest BCUT2D eigenvalue weighted by Crippen LogP contribution is 2.27. The number of carboxylic acids is 1. The Hall–Kier alpha value is -3.42. The van der Waals surface area contributed by atoms with Gasteiger partial charge in [0.05, 0.1) is 6.21 Å². The Morgan fingerprint density at radius 1 is 1.23 bits per heavy atom. The second-order valence-corrected chi connectivity index (χ2v) is 4.33. The molecule has 110 valence electrons. The molecule has 2 N–H and O–H groups in total. The van der Waals surface area contributed by atoms with Crippen molar-refractivity contribution >= 4 is 12.2 Å². The average Bonchev–Trinajstić information content (AvgIpc) is 3.16. The molecule has 3 rings (SSSR count). The van der Waals surface area contributed by atoms with Crippen molar-refractivity contribution in [2.24, 2.45) is 5.10 Å². The zero-order valence-corrected chi connectivity index (χ0v) is 11.1. The fraction of sp³-hybridized carbons (Fsp3) is 0. The second kappa shape index (κ2) is 5.52. The molecule has 2 aromatic heterocycles. The summed E-state index contributed by atoms with van der Waals surface area (Å²) >= 11 is 0. The van der Waals surface area contributed by atoms with Gasteiger partial charge in [-0.2, -0.15) is 5.10 Å².